The summed E-state index contributed by atoms with van der Waals surface area (Å²) in [5, 5.41) is 13.9. The van der Waals surface area contributed by atoms with E-state index >= 15 is 0 Å². The van der Waals surface area contributed by atoms with Crippen LogP contribution in [0.3, 0.4) is 0 Å². The first-order chi connectivity index (χ1) is 8.27. The van der Waals surface area contributed by atoms with Gasteiger partial charge < -0.3 is 10.4 Å². The number of aliphatic hydroxyl groups is 1. The molecule has 0 saturated heterocycles. The Labute approximate surface area is 113 Å². The Morgan fingerprint density at radius 1 is 0.944 bits per heavy atom. The van der Waals surface area contributed by atoms with E-state index < -0.39 is 0 Å². The molecule has 2 nitrogen and oxygen atoms in total. The lowest BCUT2D eigenvalue weighted by atomic mass is 9.63. The molecule has 2 heteroatoms. The first-order valence-corrected chi connectivity index (χ1v) is 7.72. The van der Waals surface area contributed by atoms with Gasteiger partial charge in [0.2, 0.25) is 0 Å². The molecule has 0 aromatic heterocycles. The van der Waals surface area contributed by atoms with Crippen molar-refractivity contribution in [2.24, 2.45) is 10.8 Å². The highest BCUT2D eigenvalue weighted by atomic mass is 16.3. The van der Waals surface area contributed by atoms with E-state index in [1.807, 2.05) is 0 Å². The molecule has 0 aromatic rings. The van der Waals surface area contributed by atoms with Gasteiger partial charge in [0.25, 0.3) is 0 Å². The summed E-state index contributed by atoms with van der Waals surface area (Å²) >= 11 is 0. The third-order valence-corrected chi connectivity index (χ3v) is 4.73. The Bertz CT molecular complexity index is 269. The molecule has 2 rings (SSSR count). The summed E-state index contributed by atoms with van der Waals surface area (Å²) in [5.41, 5.74) is 0.859. The van der Waals surface area contributed by atoms with Crippen LogP contribution >= 0.6 is 0 Å². The summed E-state index contributed by atoms with van der Waals surface area (Å²) < 4.78 is 0. The third kappa shape index (κ3) is 3.71. The van der Waals surface area contributed by atoms with Gasteiger partial charge in [-0.15, -0.1) is 0 Å². The van der Waals surface area contributed by atoms with E-state index in [9.17, 15) is 5.11 Å². The molecule has 2 fully saturated rings. The molecule has 0 radical (unpaired) electrons. The summed E-state index contributed by atoms with van der Waals surface area (Å²) in [7, 11) is 0. The second-order valence-corrected chi connectivity index (χ2v) is 8.24. The fourth-order valence-electron chi connectivity index (χ4n) is 4.57. The molecular weight excluding hydrogens is 222 g/mol. The summed E-state index contributed by atoms with van der Waals surface area (Å²) in [6, 6.07) is 0.926. The molecule has 0 amide bonds. The number of aliphatic hydroxyl groups excluding tert-OH is 1. The van der Waals surface area contributed by atoms with Crippen LogP contribution in [-0.2, 0) is 0 Å². The first-order valence-electron chi connectivity index (χ1n) is 7.72. The van der Waals surface area contributed by atoms with Crippen LogP contribution in [-0.4, -0.2) is 23.3 Å². The quantitative estimate of drug-likeness (QED) is 0.789. The SMILES string of the molecule is CC1(C)CC(NC2CCCCC2O)CC(C)(C)C1. The zero-order valence-corrected chi connectivity index (χ0v) is 12.6. The van der Waals surface area contributed by atoms with Crippen molar-refractivity contribution in [1.82, 2.24) is 5.32 Å². The molecule has 0 aromatic carbocycles. The zero-order valence-electron chi connectivity index (χ0n) is 12.6. The fraction of sp³-hybridized carbons (Fsp3) is 1.00. The smallest absolute Gasteiger partial charge is 0.0693 e. The Morgan fingerprint density at radius 2 is 1.50 bits per heavy atom. The van der Waals surface area contributed by atoms with Gasteiger partial charge in [-0.2, -0.15) is 0 Å². The topological polar surface area (TPSA) is 32.3 Å². The van der Waals surface area contributed by atoms with Gasteiger partial charge in [0, 0.05) is 12.1 Å². The van der Waals surface area contributed by atoms with E-state index in [1.165, 1.54) is 32.1 Å². The lowest BCUT2D eigenvalue weighted by molar-refractivity contribution is 0.0453. The molecule has 0 bridgehead atoms. The van der Waals surface area contributed by atoms with Crippen molar-refractivity contribution >= 4 is 0 Å². The molecule has 0 aliphatic heterocycles. The van der Waals surface area contributed by atoms with Gasteiger partial charge in [0.05, 0.1) is 6.10 Å². The lowest BCUT2D eigenvalue weighted by Gasteiger charge is -2.47. The van der Waals surface area contributed by atoms with E-state index in [0.717, 1.165) is 12.8 Å². The zero-order chi connectivity index (χ0) is 13.4. The van der Waals surface area contributed by atoms with E-state index in [2.05, 4.69) is 33.0 Å². The van der Waals surface area contributed by atoms with E-state index in [0.29, 0.717) is 22.9 Å². The first kappa shape index (κ1) is 14.3. The standard InChI is InChI=1S/C16H31NO/c1-15(2)9-12(10-16(3,4)11-15)17-13-7-5-6-8-14(13)18/h12-14,17-18H,5-11H2,1-4H3. The average molecular weight is 253 g/mol. The molecule has 2 saturated carbocycles. The molecule has 2 unspecified atom stereocenters. The number of hydrogen-bond acceptors (Lipinski definition) is 2. The fourth-order valence-corrected chi connectivity index (χ4v) is 4.57. The monoisotopic (exact) mass is 253 g/mol. The van der Waals surface area contributed by atoms with Crippen LogP contribution in [0.25, 0.3) is 0 Å². The Balaban J connectivity index is 1.95. The van der Waals surface area contributed by atoms with Gasteiger partial charge in [0.1, 0.15) is 0 Å². The molecule has 2 aliphatic carbocycles. The van der Waals surface area contributed by atoms with Crippen LogP contribution in [0.15, 0.2) is 0 Å². The van der Waals surface area contributed by atoms with Crippen molar-refractivity contribution in [1.29, 1.82) is 0 Å². The minimum Gasteiger partial charge on any atom is -0.392 e. The Kier molecular flexibility index (Phi) is 4.08. The van der Waals surface area contributed by atoms with Crippen LogP contribution in [0.4, 0.5) is 0 Å². The number of nitrogens with one attached hydrogen (secondary N) is 1. The van der Waals surface area contributed by atoms with Crippen LogP contribution in [0.1, 0.15) is 72.6 Å². The highest BCUT2D eigenvalue weighted by Gasteiger charge is 2.39. The maximum Gasteiger partial charge on any atom is 0.0693 e. The second kappa shape index (κ2) is 5.13. The maximum absolute atomic E-state index is 10.1. The molecule has 2 N–H and O–H groups in total. The molecular formula is C16H31NO. The minimum absolute atomic E-state index is 0.119. The molecule has 0 spiro atoms. The molecule has 106 valence electrons. The summed E-state index contributed by atoms with van der Waals surface area (Å²) in [6.07, 6.45) is 8.29. The molecule has 18 heavy (non-hydrogen) atoms. The summed E-state index contributed by atoms with van der Waals surface area (Å²) in [4.78, 5) is 0. The predicted molar refractivity (Wildman–Crippen MR) is 76.6 cm³/mol. The highest BCUT2D eigenvalue weighted by molar-refractivity contribution is 4.94. The largest absolute Gasteiger partial charge is 0.392 e. The Hall–Kier alpha value is -0.0800. The summed E-state index contributed by atoms with van der Waals surface area (Å²) in [5.74, 6) is 0. The van der Waals surface area contributed by atoms with Gasteiger partial charge in [-0.3, -0.25) is 0 Å². The third-order valence-electron chi connectivity index (χ3n) is 4.73. The number of rotatable bonds is 2. The normalized spacial score (nSPS) is 36.5. The predicted octanol–water partition coefficient (Wildman–Crippen LogP) is 3.48. The van der Waals surface area contributed by atoms with Gasteiger partial charge in [-0.1, -0.05) is 40.5 Å². The van der Waals surface area contributed by atoms with E-state index in [1.54, 1.807) is 0 Å². The van der Waals surface area contributed by atoms with Crippen molar-refractivity contribution < 1.29 is 5.11 Å². The van der Waals surface area contributed by atoms with Crippen LogP contribution < -0.4 is 5.32 Å². The highest BCUT2D eigenvalue weighted by Crippen LogP contribution is 2.45. The van der Waals surface area contributed by atoms with Crippen molar-refractivity contribution in [3.8, 4) is 0 Å². The van der Waals surface area contributed by atoms with E-state index in [4.69, 9.17) is 0 Å². The van der Waals surface area contributed by atoms with Gasteiger partial charge in [-0.25, -0.2) is 0 Å². The van der Waals surface area contributed by atoms with Crippen molar-refractivity contribution in [3.05, 3.63) is 0 Å². The molecule has 2 aliphatic rings. The van der Waals surface area contributed by atoms with Crippen molar-refractivity contribution in [3.63, 3.8) is 0 Å². The van der Waals surface area contributed by atoms with Crippen molar-refractivity contribution in [2.45, 2.75) is 90.8 Å². The molecule has 2 atom stereocenters. The second-order valence-electron chi connectivity index (χ2n) is 8.24. The summed E-state index contributed by atoms with van der Waals surface area (Å²) in [6.45, 7) is 9.56. The van der Waals surface area contributed by atoms with Gasteiger partial charge in [-0.05, 0) is 42.9 Å². The minimum atomic E-state index is -0.119. The van der Waals surface area contributed by atoms with Crippen LogP contribution in [0.2, 0.25) is 0 Å². The van der Waals surface area contributed by atoms with Gasteiger partial charge in [0.15, 0.2) is 0 Å². The average Bonchev–Trinajstić information content (AvgIpc) is 2.16. The van der Waals surface area contributed by atoms with E-state index in [-0.39, 0.29) is 6.10 Å². The Morgan fingerprint density at radius 3 is 2.06 bits per heavy atom. The number of hydrogen-bond donors (Lipinski definition) is 2. The lowest BCUT2D eigenvalue weighted by Crippen LogP contribution is -2.51. The van der Waals surface area contributed by atoms with Gasteiger partial charge >= 0.3 is 0 Å². The van der Waals surface area contributed by atoms with Crippen molar-refractivity contribution in [2.75, 3.05) is 0 Å². The maximum atomic E-state index is 10.1. The van der Waals surface area contributed by atoms with Crippen LogP contribution in [0.5, 0.6) is 0 Å². The van der Waals surface area contributed by atoms with Crippen LogP contribution in [0, 0.1) is 10.8 Å². The molecule has 0 heterocycles.